The number of benzene rings is 2. The summed E-state index contributed by atoms with van der Waals surface area (Å²) in [5.74, 6) is -1.07. The van der Waals surface area contributed by atoms with Gasteiger partial charge in [0.1, 0.15) is 11.8 Å². The maximum atomic E-state index is 12.1. The summed E-state index contributed by atoms with van der Waals surface area (Å²) in [6, 6.07) is 11.1. The first-order valence-electron chi connectivity index (χ1n) is 7.23. The Kier molecular flexibility index (Phi) is 5.13. The Morgan fingerprint density at radius 3 is 2.30 bits per heavy atom. The second kappa shape index (κ2) is 7.07. The highest BCUT2D eigenvalue weighted by molar-refractivity contribution is 5.91. The molecule has 0 aromatic heterocycles. The first kappa shape index (κ1) is 16.7. The predicted molar refractivity (Wildman–Crippen MR) is 86.6 cm³/mol. The van der Waals surface area contributed by atoms with E-state index in [1.165, 1.54) is 0 Å². The Morgan fingerprint density at radius 1 is 1.09 bits per heavy atom. The number of nitrogens with two attached hydrogens (primary N) is 1. The lowest BCUT2D eigenvalue weighted by Gasteiger charge is -2.09. The van der Waals surface area contributed by atoms with E-state index in [1.807, 2.05) is 19.9 Å². The van der Waals surface area contributed by atoms with E-state index in [4.69, 9.17) is 15.6 Å². The van der Waals surface area contributed by atoms with Crippen molar-refractivity contribution in [3.8, 4) is 5.75 Å². The quantitative estimate of drug-likeness (QED) is 0.654. The number of rotatable bonds is 5. The highest BCUT2D eigenvalue weighted by atomic mass is 16.5. The van der Waals surface area contributed by atoms with Gasteiger partial charge in [0.15, 0.2) is 0 Å². The summed E-state index contributed by atoms with van der Waals surface area (Å²) < 4.78 is 5.32. The van der Waals surface area contributed by atoms with Gasteiger partial charge in [-0.2, -0.15) is 0 Å². The summed E-state index contributed by atoms with van der Waals surface area (Å²) in [5.41, 5.74) is 8.88. The van der Waals surface area contributed by atoms with Crippen molar-refractivity contribution in [2.24, 2.45) is 5.73 Å². The van der Waals surface area contributed by atoms with Crippen LogP contribution in [0.5, 0.6) is 5.75 Å². The molecule has 0 saturated carbocycles. The molecule has 0 heterocycles. The number of hydrogen-bond acceptors (Lipinski definition) is 4. The monoisotopic (exact) mass is 313 g/mol. The first-order valence-corrected chi connectivity index (χ1v) is 7.23. The Labute approximate surface area is 134 Å². The average Bonchev–Trinajstić information content (AvgIpc) is 2.51. The molecule has 120 valence electrons. The minimum atomic E-state index is -1.05. The molecular formula is C18H19NO4. The van der Waals surface area contributed by atoms with Crippen molar-refractivity contribution in [3.05, 3.63) is 64.7 Å². The van der Waals surface area contributed by atoms with Crippen molar-refractivity contribution in [2.75, 3.05) is 0 Å². The van der Waals surface area contributed by atoms with Gasteiger partial charge in [-0.15, -0.1) is 0 Å². The SMILES string of the molecule is Cc1ccc(C(=O)Oc2ccc(C[C@H](N)C(=O)O)cc2)cc1C. The number of carbonyl (C=O) groups is 2. The summed E-state index contributed by atoms with van der Waals surface area (Å²) in [4.78, 5) is 22.8. The zero-order valence-electron chi connectivity index (χ0n) is 13.1. The lowest BCUT2D eigenvalue weighted by Crippen LogP contribution is -2.32. The van der Waals surface area contributed by atoms with Crippen LogP contribution in [-0.4, -0.2) is 23.1 Å². The fourth-order valence-corrected chi connectivity index (χ4v) is 2.07. The molecule has 1 atom stereocenters. The molecule has 2 aromatic rings. The smallest absolute Gasteiger partial charge is 0.343 e. The molecule has 0 bridgehead atoms. The second-order valence-electron chi connectivity index (χ2n) is 5.48. The molecule has 0 amide bonds. The molecule has 0 spiro atoms. The summed E-state index contributed by atoms with van der Waals surface area (Å²) in [6.07, 6.45) is 0.223. The lowest BCUT2D eigenvalue weighted by molar-refractivity contribution is -0.138. The zero-order chi connectivity index (χ0) is 17.0. The van der Waals surface area contributed by atoms with Gasteiger partial charge >= 0.3 is 11.9 Å². The number of carbonyl (C=O) groups excluding carboxylic acids is 1. The van der Waals surface area contributed by atoms with Gasteiger partial charge in [0.2, 0.25) is 0 Å². The van der Waals surface area contributed by atoms with Crippen molar-refractivity contribution in [1.29, 1.82) is 0 Å². The Morgan fingerprint density at radius 2 is 1.74 bits per heavy atom. The predicted octanol–water partition coefficient (Wildman–Crippen LogP) is 2.48. The standard InChI is InChI=1S/C18H19NO4/c1-11-3-6-14(9-12(11)2)18(22)23-15-7-4-13(5-8-15)10-16(19)17(20)21/h3-9,16H,10,19H2,1-2H3,(H,20,21)/t16-/m0/s1. The van der Waals surface area contributed by atoms with Crippen molar-refractivity contribution < 1.29 is 19.4 Å². The van der Waals surface area contributed by atoms with Crippen LogP contribution in [0, 0.1) is 13.8 Å². The molecule has 0 saturated heterocycles. The second-order valence-corrected chi connectivity index (χ2v) is 5.48. The third kappa shape index (κ3) is 4.40. The van der Waals surface area contributed by atoms with Gasteiger partial charge < -0.3 is 15.6 Å². The summed E-state index contributed by atoms with van der Waals surface area (Å²) in [7, 11) is 0. The summed E-state index contributed by atoms with van der Waals surface area (Å²) >= 11 is 0. The van der Waals surface area contributed by atoms with Crippen molar-refractivity contribution in [2.45, 2.75) is 26.3 Å². The molecule has 0 aliphatic rings. The van der Waals surface area contributed by atoms with Crippen LogP contribution in [0.4, 0.5) is 0 Å². The number of esters is 1. The van der Waals surface area contributed by atoms with Crippen LogP contribution in [0.15, 0.2) is 42.5 Å². The molecule has 5 heteroatoms. The Hall–Kier alpha value is -2.66. The highest BCUT2D eigenvalue weighted by Gasteiger charge is 2.13. The minimum absolute atomic E-state index is 0.223. The van der Waals surface area contributed by atoms with E-state index >= 15 is 0 Å². The molecule has 0 radical (unpaired) electrons. The fraction of sp³-hybridized carbons (Fsp3) is 0.222. The van der Waals surface area contributed by atoms with Crippen LogP contribution in [0.1, 0.15) is 27.0 Å². The van der Waals surface area contributed by atoms with Crippen LogP contribution in [0.2, 0.25) is 0 Å². The summed E-state index contributed by atoms with van der Waals surface area (Å²) in [5, 5.41) is 8.79. The lowest BCUT2D eigenvalue weighted by atomic mass is 10.1. The third-order valence-corrected chi connectivity index (χ3v) is 3.65. The van der Waals surface area contributed by atoms with Gasteiger partial charge in [0.05, 0.1) is 5.56 Å². The Bertz CT molecular complexity index is 722. The third-order valence-electron chi connectivity index (χ3n) is 3.65. The van der Waals surface area contributed by atoms with Gasteiger partial charge in [-0.1, -0.05) is 18.2 Å². The van der Waals surface area contributed by atoms with E-state index in [0.29, 0.717) is 11.3 Å². The van der Waals surface area contributed by atoms with E-state index in [-0.39, 0.29) is 6.42 Å². The van der Waals surface area contributed by atoms with E-state index in [2.05, 4.69) is 0 Å². The van der Waals surface area contributed by atoms with Crippen LogP contribution < -0.4 is 10.5 Å². The van der Waals surface area contributed by atoms with Crippen LogP contribution in [0.3, 0.4) is 0 Å². The topological polar surface area (TPSA) is 89.6 Å². The van der Waals surface area contributed by atoms with E-state index in [9.17, 15) is 9.59 Å². The van der Waals surface area contributed by atoms with Gasteiger partial charge in [-0.25, -0.2) is 4.79 Å². The van der Waals surface area contributed by atoms with Crippen molar-refractivity contribution >= 4 is 11.9 Å². The maximum Gasteiger partial charge on any atom is 0.343 e. The molecule has 0 unspecified atom stereocenters. The molecule has 2 rings (SSSR count). The van der Waals surface area contributed by atoms with E-state index < -0.39 is 18.0 Å². The normalized spacial score (nSPS) is 11.8. The number of aryl methyl sites for hydroxylation is 2. The molecule has 5 nitrogen and oxygen atoms in total. The first-order chi connectivity index (χ1) is 10.9. The van der Waals surface area contributed by atoms with Crippen LogP contribution in [-0.2, 0) is 11.2 Å². The van der Waals surface area contributed by atoms with E-state index in [0.717, 1.165) is 16.7 Å². The van der Waals surface area contributed by atoms with Gasteiger partial charge in [0.25, 0.3) is 0 Å². The number of ether oxygens (including phenoxy) is 1. The molecule has 3 N–H and O–H groups in total. The highest BCUT2D eigenvalue weighted by Crippen LogP contribution is 2.16. The number of carboxylic acids is 1. The van der Waals surface area contributed by atoms with Gasteiger partial charge in [0, 0.05) is 0 Å². The molecular weight excluding hydrogens is 294 g/mol. The average molecular weight is 313 g/mol. The fourth-order valence-electron chi connectivity index (χ4n) is 2.07. The molecule has 0 aliphatic carbocycles. The number of aliphatic carboxylic acids is 1. The van der Waals surface area contributed by atoms with Crippen LogP contribution in [0.25, 0.3) is 0 Å². The maximum absolute atomic E-state index is 12.1. The van der Waals surface area contributed by atoms with E-state index in [1.54, 1.807) is 36.4 Å². The van der Waals surface area contributed by atoms with Crippen molar-refractivity contribution in [3.63, 3.8) is 0 Å². The number of carboxylic acid groups (broad SMARTS) is 1. The zero-order valence-corrected chi connectivity index (χ0v) is 13.1. The molecule has 2 aromatic carbocycles. The molecule has 23 heavy (non-hydrogen) atoms. The molecule has 0 fully saturated rings. The van der Waals surface area contributed by atoms with Crippen molar-refractivity contribution in [1.82, 2.24) is 0 Å². The number of hydrogen-bond donors (Lipinski definition) is 2. The largest absolute Gasteiger partial charge is 0.480 e. The Balaban J connectivity index is 2.04. The minimum Gasteiger partial charge on any atom is -0.480 e. The van der Waals surface area contributed by atoms with Crippen LogP contribution >= 0.6 is 0 Å². The van der Waals surface area contributed by atoms with Gasteiger partial charge in [-0.3, -0.25) is 4.79 Å². The molecule has 0 aliphatic heterocycles. The summed E-state index contributed by atoms with van der Waals surface area (Å²) in [6.45, 7) is 3.91. The van der Waals surface area contributed by atoms with Gasteiger partial charge in [-0.05, 0) is 61.2 Å².